The molecule has 0 unspecified atom stereocenters. The van der Waals surface area contributed by atoms with E-state index in [0.717, 1.165) is 35.9 Å². The van der Waals surface area contributed by atoms with Crippen LogP contribution in [0.5, 0.6) is 0 Å². The second kappa shape index (κ2) is 6.98. The normalized spacial score (nSPS) is 10.6. The average Bonchev–Trinajstić information content (AvgIpc) is 2.58. The summed E-state index contributed by atoms with van der Waals surface area (Å²) in [6.07, 6.45) is 1.73. The van der Waals surface area contributed by atoms with E-state index < -0.39 is 17.5 Å². The van der Waals surface area contributed by atoms with Gasteiger partial charge in [0, 0.05) is 16.5 Å². The Morgan fingerprint density at radius 2 is 1.44 bits per heavy atom. The molecule has 0 saturated heterocycles. The fourth-order valence-corrected chi connectivity index (χ4v) is 2.65. The molecule has 25 heavy (non-hydrogen) atoms. The van der Waals surface area contributed by atoms with Gasteiger partial charge in [0.1, 0.15) is 5.82 Å². The first-order valence-electron chi connectivity index (χ1n) is 7.86. The fraction of sp³-hybridized carbons (Fsp3) is 0.143. The first-order valence-corrected chi connectivity index (χ1v) is 7.86. The van der Waals surface area contributed by atoms with Gasteiger partial charge in [-0.25, -0.2) is 17.6 Å². The van der Waals surface area contributed by atoms with Crippen molar-refractivity contribution < 1.29 is 17.6 Å². The lowest BCUT2D eigenvalue weighted by molar-refractivity contribution is 0.446. The predicted octanol–water partition coefficient (Wildman–Crippen LogP) is 5.75. The molecule has 0 radical (unpaired) electrons. The summed E-state index contributed by atoms with van der Waals surface area (Å²) in [6.45, 7) is 2.03. The highest BCUT2D eigenvalue weighted by Crippen LogP contribution is 2.22. The van der Waals surface area contributed by atoms with Gasteiger partial charge in [0.15, 0.2) is 17.5 Å². The van der Waals surface area contributed by atoms with E-state index in [9.17, 15) is 17.6 Å². The van der Waals surface area contributed by atoms with Gasteiger partial charge in [-0.05, 0) is 47.7 Å². The Balaban J connectivity index is 1.98. The molecule has 0 heterocycles. The van der Waals surface area contributed by atoms with Crippen LogP contribution in [-0.4, -0.2) is 0 Å². The molecule has 0 fully saturated rings. The zero-order chi connectivity index (χ0) is 18.0. The Kier molecular flexibility index (Phi) is 4.76. The summed E-state index contributed by atoms with van der Waals surface area (Å²) in [5.41, 5.74) is 1.44. The van der Waals surface area contributed by atoms with E-state index in [4.69, 9.17) is 0 Å². The van der Waals surface area contributed by atoms with E-state index in [1.807, 2.05) is 13.0 Å². The third-order valence-electron chi connectivity index (χ3n) is 3.84. The SMILES string of the molecule is CCCc1cc(F)c2cc(C#Cc3cc(F)c(F)c(F)c3)ccc2c1. The Labute approximate surface area is 143 Å². The molecule has 126 valence electrons. The van der Waals surface area contributed by atoms with Crippen LogP contribution in [0.1, 0.15) is 30.0 Å². The molecule has 0 aliphatic carbocycles. The number of halogens is 4. The minimum Gasteiger partial charge on any atom is -0.206 e. The summed E-state index contributed by atoms with van der Waals surface area (Å²) < 4.78 is 53.6. The Hall–Kier alpha value is -2.80. The average molecular weight is 342 g/mol. The van der Waals surface area contributed by atoms with Crippen LogP contribution in [0.15, 0.2) is 42.5 Å². The van der Waals surface area contributed by atoms with Gasteiger partial charge in [-0.2, -0.15) is 0 Å². The highest BCUT2D eigenvalue weighted by Gasteiger charge is 2.09. The van der Waals surface area contributed by atoms with Crippen LogP contribution in [0, 0.1) is 35.1 Å². The molecule has 0 nitrogen and oxygen atoms in total. The maximum absolute atomic E-state index is 14.3. The largest absolute Gasteiger partial charge is 0.206 e. The molecule has 3 aromatic carbocycles. The predicted molar refractivity (Wildman–Crippen MR) is 90.2 cm³/mol. The van der Waals surface area contributed by atoms with Crippen molar-refractivity contribution in [2.45, 2.75) is 19.8 Å². The van der Waals surface area contributed by atoms with Gasteiger partial charge >= 0.3 is 0 Å². The molecule has 0 bridgehead atoms. The van der Waals surface area contributed by atoms with Gasteiger partial charge < -0.3 is 0 Å². The summed E-state index contributed by atoms with van der Waals surface area (Å²) >= 11 is 0. The summed E-state index contributed by atoms with van der Waals surface area (Å²) in [5.74, 6) is 0.843. The van der Waals surface area contributed by atoms with E-state index in [2.05, 4.69) is 11.8 Å². The maximum Gasteiger partial charge on any atom is 0.194 e. The third-order valence-corrected chi connectivity index (χ3v) is 3.84. The number of rotatable bonds is 2. The van der Waals surface area contributed by atoms with Gasteiger partial charge in [-0.15, -0.1) is 0 Å². The molecular formula is C21H14F4. The maximum atomic E-state index is 14.3. The van der Waals surface area contributed by atoms with Crippen molar-refractivity contribution in [2.24, 2.45) is 0 Å². The molecule has 0 aromatic heterocycles. The molecular weight excluding hydrogens is 328 g/mol. The van der Waals surface area contributed by atoms with Crippen molar-refractivity contribution >= 4 is 10.8 Å². The van der Waals surface area contributed by atoms with Crippen LogP contribution in [0.25, 0.3) is 10.8 Å². The van der Waals surface area contributed by atoms with Crippen molar-refractivity contribution in [3.05, 3.63) is 82.4 Å². The Morgan fingerprint density at radius 3 is 2.12 bits per heavy atom. The lowest BCUT2D eigenvalue weighted by Crippen LogP contribution is -1.91. The molecule has 4 heteroatoms. The summed E-state index contributed by atoms with van der Waals surface area (Å²) in [5, 5.41) is 1.20. The zero-order valence-corrected chi connectivity index (χ0v) is 13.5. The first-order chi connectivity index (χ1) is 12.0. The number of benzene rings is 3. The van der Waals surface area contributed by atoms with Gasteiger partial charge in [-0.3, -0.25) is 0 Å². The summed E-state index contributed by atoms with van der Waals surface area (Å²) in [7, 11) is 0. The van der Waals surface area contributed by atoms with Crippen molar-refractivity contribution in [2.75, 3.05) is 0 Å². The number of fused-ring (bicyclic) bond motifs is 1. The lowest BCUT2D eigenvalue weighted by Gasteiger charge is -2.05. The molecule has 0 N–H and O–H groups in total. The Bertz CT molecular complexity index is 987. The number of aryl methyl sites for hydroxylation is 1. The number of hydrogen-bond donors (Lipinski definition) is 0. The number of hydrogen-bond acceptors (Lipinski definition) is 0. The smallest absolute Gasteiger partial charge is 0.194 e. The van der Waals surface area contributed by atoms with Crippen molar-refractivity contribution in [3.63, 3.8) is 0 Å². The zero-order valence-electron chi connectivity index (χ0n) is 13.5. The fourth-order valence-electron chi connectivity index (χ4n) is 2.65. The van der Waals surface area contributed by atoms with Crippen molar-refractivity contribution in [1.29, 1.82) is 0 Å². The molecule has 0 atom stereocenters. The van der Waals surface area contributed by atoms with E-state index in [0.29, 0.717) is 10.9 Å². The summed E-state index contributed by atoms with van der Waals surface area (Å²) in [6, 6.07) is 10.1. The van der Waals surface area contributed by atoms with E-state index in [-0.39, 0.29) is 11.4 Å². The monoisotopic (exact) mass is 342 g/mol. The van der Waals surface area contributed by atoms with Gasteiger partial charge in [0.05, 0.1) is 0 Å². The van der Waals surface area contributed by atoms with Crippen LogP contribution in [0.4, 0.5) is 17.6 Å². The first kappa shape index (κ1) is 17.0. The lowest BCUT2D eigenvalue weighted by atomic mass is 10.0. The van der Waals surface area contributed by atoms with Crippen molar-refractivity contribution in [3.8, 4) is 11.8 Å². The second-order valence-corrected chi connectivity index (χ2v) is 5.77. The highest BCUT2D eigenvalue weighted by atomic mass is 19.2. The van der Waals surface area contributed by atoms with E-state index in [1.165, 1.54) is 6.07 Å². The van der Waals surface area contributed by atoms with Crippen LogP contribution in [0.2, 0.25) is 0 Å². The third kappa shape index (κ3) is 3.66. The van der Waals surface area contributed by atoms with E-state index >= 15 is 0 Å². The molecule has 0 aliphatic rings. The highest BCUT2D eigenvalue weighted by molar-refractivity contribution is 5.85. The molecule has 0 amide bonds. The Morgan fingerprint density at radius 1 is 0.760 bits per heavy atom. The second-order valence-electron chi connectivity index (χ2n) is 5.77. The van der Waals surface area contributed by atoms with Crippen LogP contribution in [0.3, 0.4) is 0 Å². The minimum absolute atomic E-state index is 0.00950. The van der Waals surface area contributed by atoms with Gasteiger partial charge in [0.2, 0.25) is 0 Å². The van der Waals surface area contributed by atoms with E-state index in [1.54, 1.807) is 18.2 Å². The quantitative estimate of drug-likeness (QED) is 0.316. The molecule has 3 rings (SSSR count). The van der Waals surface area contributed by atoms with Gasteiger partial charge in [-0.1, -0.05) is 37.3 Å². The van der Waals surface area contributed by atoms with Crippen LogP contribution >= 0.6 is 0 Å². The molecule has 3 aromatic rings. The molecule has 0 spiro atoms. The van der Waals surface area contributed by atoms with Gasteiger partial charge in [0.25, 0.3) is 0 Å². The van der Waals surface area contributed by atoms with Crippen LogP contribution in [-0.2, 0) is 6.42 Å². The van der Waals surface area contributed by atoms with Crippen LogP contribution < -0.4 is 0 Å². The topological polar surface area (TPSA) is 0 Å². The minimum atomic E-state index is -1.53. The summed E-state index contributed by atoms with van der Waals surface area (Å²) in [4.78, 5) is 0. The molecule has 0 aliphatic heterocycles. The standard InChI is InChI=1S/C21H14F4/c1-2-3-14-8-16-7-6-13(9-17(16)18(22)10-14)4-5-15-11-19(23)21(25)20(24)12-15/h6-12H,2-3H2,1H3. The molecule has 0 saturated carbocycles. The van der Waals surface area contributed by atoms with Crippen molar-refractivity contribution in [1.82, 2.24) is 0 Å².